The van der Waals surface area contributed by atoms with Gasteiger partial charge in [-0.3, -0.25) is 4.79 Å². The van der Waals surface area contributed by atoms with Crippen molar-refractivity contribution in [3.63, 3.8) is 0 Å². The summed E-state index contributed by atoms with van der Waals surface area (Å²) >= 11 is 0. The summed E-state index contributed by atoms with van der Waals surface area (Å²) in [5.41, 5.74) is 1.81. The minimum absolute atomic E-state index is 0.106. The molecule has 2 atom stereocenters. The minimum Gasteiger partial charge on any atom is -0.489 e. The number of amides is 1. The maximum atomic E-state index is 13.3. The third-order valence-electron chi connectivity index (χ3n) is 6.04. The maximum Gasteiger partial charge on any atom is 0.254 e. The van der Waals surface area contributed by atoms with Gasteiger partial charge < -0.3 is 9.64 Å². The molecule has 1 aromatic heterocycles. The van der Waals surface area contributed by atoms with Gasteiger partial charge in [0.1, 0.15) is 12.4 Å². The molecule has 0 radical (unpaired) electrons. The monoisotopic (exact) mass is 388 g/mol. The molecule has 2 unspecified atom stereocenters. The number of carbonyl (C=O) groups excluding carboxylic acids is 1. The lowest BCUT2D eigenvalue weighted by Crippen LogP contribution is -2.47. The molecule has 0 aliphatic carbocycles. The van der Waals surface area contributed by atoms with Crippen molar-refractivity contribution in [1.82, 2.24) is 19.9 Å². The predicted octanol–water partition coefficient (Wildman–Crippen LogP) is 3.87. The topological polar surface area (TPSA) is 60.2 Å². The van der Waals surface area contributed by atoms with Gasteiger partial charge in [0.25, 0.3) is 5.91 Å². The summed E-state index contributed by atoms with van der Waals surface area (Å²) in [7, 11) is 0. The number of rotatable bonds is 5. The van der Waals surface area contributed by atoms with E-state index in [0.717, 1.165) is 37.0 Å². The van der Waals surface area contributed by atoms with Crippen molar-refractivity contribution in [1.29, 1.82) is 0 Å². The fourth-order valence-electron chi connectivity index (χ4n) is 4.69. The molecule has 6 heteroatoms. The van der Waals surface area contributed by atoms with Crippen molar-refractivity contribution < 1.29 is 9.53 Å². The van der Waals surface area contributed by atoms with Crippen LogP contribution in [0.5, 0.6) is 5.75 Å². The van der Waals surface area contributed by atoms with Gasteiger partial charge in [0, 0.05) is 17.6 Å². The van der Waals surface area contributed by atoms with E-state index < -0.39 is 0 Å². The van der Waals surface area contributed by atoms with Crippen LogP contribution in [0.25, 0.3) is 0 Å². The third-order valence-corrected chi connectivity index (χ3v) is 6.04. The van der Waals surface area contributed by atoms with Crippen molar-refractivity contribution in [2.75, 3.05) is 0 Å². The normalized spacial score (nSPS) is 23.2. The molecule has 1 amide bonds. The van der Waals surface area contributed by atoms with Gasteiger partial charge in [-0.2, -0.15) is 15.0 Å². The quantitative estimate of drug-likeness (QED) is 0.666. The summed E-state index contributed by atoms with van der Waals surface area (Å²) in [5.74, 6) is 0.831. The van der Waals surface area contributed by atoms with Crippen LogP contribution in [0.15, 0.2) is 67.0 Å². The van der Waals surface area contributed by atoms with Gasteiger partial charge in [-0.15, -0.1) is 0 Å². The van der Waals surface area contributed by atoms with Gasteiger partial charge in [-0.1, -0.05) is 36.4 Å². The fraction of sp³-hybridized carbons (Fsp3) is 0.348. The zero-order valence-corrected chi connectivity index (χ0v) is 16.2. The van der Waals surface area contributed by atoms with Crippen molar-refractivity contribution >= 4 is 5.91 Å². The molecule has 3 aromatic rings. The van der Waals surface area contributed by atoms with E-state index in [2.05, 4.69) is 15.1 Å². The van der Waals surface area contributed by atoms with Gasteiger partial charge in [-0.05, 0) is 49.4 Å². The van der Waals surface area contributed by atoms with Gasteiger partial charge in [0.2, 0.25) is 0 Å². The van der Waals surface area contributed by atoms with E-state index in [9.17, 15) is 4.79 Å². The predicted molar refractivity (Wildman–Crippen MR) is 108 cm³/mol. The highest BCUT2D eigenvalue weighted by Crippen LogP contribution is 2.41. The largest absolute Gasteiger partial charge is 0.489 e. The second-order valence-corrected chi connectivity index (χ2v) is 7.87. The number of carbonyl (C=O) groups is 1. The van der Waals surface area contributed by atoms with E-state index in [-0.39, 0.29) is 24.0 Å². The van der Waals surface area contributed by atoms with Crippen LogP contribution in [0.1, 0.15) is 47.6 Å². The lowest BCUT2D eigenvalue weighted by Gasteiger charge is -2.38. The molecule has 2 saturated heterocycles. The Labute approximate surface area is 170 Å². The molecule has 0 N–H and O–H groups in total. The molecule has 148 valence electrons. The van der Waals surface area contributed by atoms with Crippen molar-refractivity contribution in [2.45, 2.75) is 50.4 Å². The van der Waals surface area contributed by atoms with Gasteiger partial charge in [0.05, 0.1) is 18.4 Å². The SMILES string of the molecule is O=C(c1cccc(OCc2ccccc2)c1)N1C2CCC1CC(n1nccn1)C2. The molecule has 2 fully saturated rings. The van der Waals surface area contributed by atoms with Crippen molar-refractivity contribution in [3.05, 3.63) is 78.1 Å². The Hall–Kier alpha value is -3.15. The fourth-order valence-corrected chi connectivity index (χ4v) is 4.69. The van der Waals surface area contributed by atoms with Gasteiger partial charge in [-0.25, -0.2) is 0 Å². The molecule has 5 rings (SSSR count). The highest BCUT2D eigenvalue weighted by atomic mass is 16.5. The first-order valence-corrected chi connectivity index (χ1v) is 10.2. The second-order valence-electron chi connectivity index (χ2n) is 7.87. The summed E-state index contributed by atoms with van der Waals surface area (Å²) in [6, 6.07) is 18.4. The average Bonchev–Trinajstić information content (AvgIpc) is 3.39. The van der Waals surface area contributed by atoms with E-state index in [4.69, 9.17) is 4.74 Å². The molecule has 3 heterocycles. The molecule has 0 spiro atoms. The number of aromatic nitrogens is 3. The molecule has 2 aromatic carbocycles. The van der Waals surface area contributed by atoms with Crippen LogP contribution in [-0.4, -0.2) is 37.9 Å². The second kappa shape index (κ2) is 7.70. The first-order chi connectivity index (χ1) is 14.3. The summed E-state index contributed by atoms with van der Waals surface area (Å²) in [4.78, 5) is 17.2. The number of fused-ring (bicyclic) bond motifs is 2. The Morgan fingerprint density at radius 1 is 0.931 bits per heavy atom. The summed E-state index contributed by atoms with van der Waals surface area (Å²) in [5, 5.41) is 8.61. The molecule has 2 bridgehead atoms. The van der Waals surface area contributed by atoms with Crippen molar-refractivity contribution in [3.8, 4) is 5.75 Å². The molecule has 2 aliphatic rings. The van der Waals surface area contributed by atoms with Crippen LogP contribution in [0.4, 0.5) is 0 Å². The molecule has 29 heavy (non-hydrogen) atoms. The Bertz CT molecular complexity index is 960. The number of hydrogen-bond donors (Lipinski definition) is 0. The number of benzene rings is 2. The Morgan fingerprint density at radius 2 is 1.66 bits per heavy atom. The molecule has 6 nitrogen and oxygen atoms in total. The minimum atomic E-state index is 0.106. The van der Waals surface area contributed by atoms with Crippen LogP contribution >= 0.6 is 0 Å². The van der Waals surface area contributed by atoms with Crippen molar-refractivity contribution in [2.24, 2.45) is 0 Å². The Morgan fingerprint density at radius 3 is 2.38 bits per heavy atom. The molecule has 2 aliphatic heterocycles. The highest BCUT2D eigenvalue weighted by molar-refractivity contribution is 5.95. The maximum absolute atomic E-state index is 13.3. The number of piperidine rings is 1. The van der Waals surface area contributed by atoms with E-state index in [1.165, 1.54) is 0 Å². The summed E-state index contributed by atoms with van der Waals surface area (Å²) in [6.45, 7) is 0.492. The highest BCUT2D eigenvalue weighted by Gasteiger charge is 2.44. The first-order valence-electron chi connectivity index (χ1n) is 10.2. The number of nitrogens with zero attached hydrogens (tertiary/aromatic N) is 4. The lowest BCUT2D eigenvalue weighted by molar-refractivity contribution is 0.0511. The standard InChI is InChI=1S/C23H24N4O2/c28-23(18-7-4-8-22(13-18)29-16-17-5-2-1-3-6-17)26-19-9-10-20(26)15-21(14-19)27-24-11-12-25-27/h1-8,11-13,19-21H,9-10,14-16H2. The summed E-state index contributed by atoms with van der Waals surface area (Å²) in [6.07, 6.45) is 7.39. The van der Waals surface area contributed by atoms with E-state index >= 15 is 0 Å². The molecular formula is C23H24N4O2. The molecule has 0 saturated carbocycles. The van der Waals surface area contributed by atoms with Crippen LogP contribution in [-0.2, 0) is 6.61 Å². The van der Waals surface area contributed by atoms with E-state index in [0.29, 0.717) is 12.2 Å². The molecular weight excluding hydrogens is 364 g/mol. The number of hydrogen-bond acceptors (Lipinski definition) is 4. The lowest BCUT2D eigenvalue weighted by atomic mass is 9.96. The van der Waals surface area contributed by atoms with Crippen LogP contribution < -0.4 is 4.74 Å². The van der Waals surface area contributed by atoms with Gasteiger partial charge >= 0.3 is 0 Å². The third kappa shape index (κ3) is 3.62. The summed E-state index contributed by atoms with van der Waals surface area (Å²) < 4.78 is 5.91. The Kier molecular flexibility index (Phi) is 4.76. The average molecular weight is 388 g/mol. The Balaban J connectivity index is 1.28. The van der Waals surface area contributed by atoms with E-state index in [1.807, 2.05) is 59.4 Å². The smallest absolute Gasteiger partial charge is 0.254 e. The van der Waals surface area contributed by atoms with Gasteiger partial charge in [0.15, 0.2) is 0 Å². The van der Waals surface area contributed by atoms with Crippen LogP contribution in [0.2, 0.25) is 0 Å². The zero-order valence-electron chi connectivity index (χ0n) is 16.2. The van der Waals surface area contributed by atoms with E-state index in [1.54, 1.807) is 12.4 Å². The zero-order chi connectivity index (χ0) is 19.6. The number of ether oxygens (including phenoxy) is 1. The van der Waals surface area contributed by atoms with Crippen LogP contribution in [0, 0.1) is 0 Å². The first kappa shape index (κ1) is 17.9. The van der Waals surface area contributed by atoms with Crippen LogP contribution in [0.3, 0.4) is 0 Å².